The fourth-order valence-corrected chi connectivity index (χ4v) is 2.51. The van der Waals surface area contributed by atoms with E-state index in [-0.39, 0.29) is 18.9 Å². The molecule has 0 aliphatic rings. The zero-order chi connectivity index (χ0) is 16.7. The minimum atomic E-state index is -0.897. The van der Waals surface area contributed by atoms with E-state index in [2.05, 4.69) is 24.8 Å². The first-order chi connectivity index (χ1) is 10.4. The SMILES string of the molecule is CCC(=O)N(CCC(=O)O)c1ccc(N(CC)CC)cc1C. The lowest BCUT2D eigenvalue weighted by molar-refractivity contribution is -0.136. The van der Waals surface area contributed by atoms with Crippen molar-refractivity contribution in [1.29, 1.82) is 0 Å². The smallest absolute Gasteiger partial charge is 0.305 e. The quantitative estimate of drug-likeness (QED) is 0.802. The van der Waals surface area contributed by atoms with Crippen LogP contribution in [-0.4, -0.2) is 36.6 Å². The maximum Gasteiger partial charge on any atom is 0.305 e. The third kappa shape index (κ3) is 4.48. The molecule has 0 aliphatic carbocycles. The van der Waals surface area contributed by atoms with E-state index in [1.54, 1.807) is 11.8 Å². The van der Waals surface area contributed by atoms with Crippen molar-refractivity contribution in [3.63, 3.8) is 0 Å². The molecule has 0 saturated carbocycles. The molecule has 0 aliphatic heterocycles. The first-order valence-electron chi connectivity index (χ1n) is 7.82. The molecule has 5 heteroatoms. The average molecular weight is 306 g/mol. The van der Waals surface area contributed by atoms with Crippen LogP contribution in [0, 0.1) is 6.92 Å². The number of amides is 1. The summed E-state index contributed by atoms with van der Waals surface area (Å²) in [5.74, 6) is -0.953. The predicted octanol–water partition coefficient (Wildman–Crippen LogP) is 3.06. The number of aryl methyl sites for hydroxylation is 1. The zero-order valence-electron chi connectivity index (χ0n) is 13.9. The van der Waals surface area contributed by atoms with Crippen molar-refractivity contribution in [2.24, 2.45) is 0 Å². The van der Waals surface area contributed by atoms with E-state index < -0.39 is 5.97 Å². The summed E-state index contributed by atoms with van der Waals surface area (Å²) in [6.45, 7) is 10.00. The van der Waals surface area contributed by atoms with Crippen LogP contribution in [-0.2, 0) is 9.59 Å². The minimum absolute atomic E-state index is 0.0526. The van der Waals surface area contributed by atoms with Crippen LogP contribution in [0.3, 0.4) is 0 Å². The summed E-state index contributed by atoms with van der Waals surface area (Å²) >= 11 is 0. The Morgan fingerprint density at radius 2 is 1.77 bits per heavy atom. The molecule has 1 amide bonds. The standard InChI is InChI=1S/C17H26N2O3/c1-5-16(20)19(11-10-17(21)22)15-9-8-14(12-13(15)4)18(6-2)7-3/h8-9,12H,5-7,10-11H2,1-4H3,(H,21,22). The van der Waals surface area contributed by atoms with Crippen molar-refractivity contribution in [1.82, 2.24) is 0 Å². The third-order valence-electron chi connectivity index (χ3n) is 3.75. The van der Waals surface area contributed by atoms with E-state index in [1.807, 2.05) is 19.1 Å². The second kappa shape index (κ2) is 8.41. The van der Waals surface area contributed by atoms with Crippen molar-refractivity contribution in [2.75, 3.05) is 29.4 Å². The number of carbonyl (C=O) groups is 2. The van der Waals surface area contributed by atoms with E-state index in [0.717, 1.165) is 30.0 Å². The second-order valence-electron chi connectivity index (χ2n) is 5.19. The number of rotatable bonds is 8. The zero-order valence-corrected chi connectivity index (χ0v) is 13.9. The summed E-state index contributed by atoms with van der Waals surface area (Å²) in [5.41, 5.74) is 2.90. The van der Waals surface area contributed by atoms with Gasteiger partial charge in [-0.2, -0.15) is 0 Å². The van der Waals surface area contributed by atoms with Gasteiger partial charge >= 0.3 is 5.97 Å². The Bertz CT molecular complexity index is 525. The third-order valence-corrected chi connectivity index (χ3v) is 3.75. The largest absolute Gasteiger partial charge is 0.481 e. The Morgan fingerprint density at radius 3 is 2.23 bits per heavy atom. The van der Waals surface area contributed by atoms with Gasteiger partial charge in [0.2, 0.25) is 5.91 Å². The number of hydrogen-bond acceptors (Lipinski definition) is 3. The molecular formula is C17H26N2O3. The van der Waals surface area contributed by atoms with Crippen molar-refractivity contribution >= 4 is 23.3 Å². The maximum atomic E-state index is 12.1. The highest BCUT2D eigenvalue weighted by atomic mass is 16.4. The van der Waals surface area contributed by atoms with Crippen LogP contribution < -0.4 is 9.80 Å². The molecule has 0 unspecified atom stereocenters. The van der Waals surface area contributed by atoms with E-state index >= 15 is 0 Å². The molecule has 0 atom stereocenters. The Hall–Kier alpha value is -2.04. The van der Waals surface area contributed by atoms with Gasteiger partial charge in [0, 0.05) is 37.4 Å². The molecule has 0 spiro atoms. The highest BCUT2D eigenvalue weighted by Gasteiger charge is 2.17. The fourth-order valence-electron chi connectivity index (χ4n) is 2.51. The first-order valence-corrected chi connectivity index (χ1v) is 7.82. The van der Waals surface area contributed by atoms with Gasteiger partial charge in [-0.25, -0.2) is 0 Å². The van der Waals surface area contributed by atoms with Crippen LogP contribution in [0.5, 0.6) is 0 Å². The molecule has 0 heterocycles. The van der Waals surface area contributed by atoms with Gasteiger partial charge in [-0.3, -0.25) is 9.59 Å². The summed E-state index contributed by atoms with van der Waals surface area (Å²) < 4.78 is 0. The van der Waals surface area contributed by atoms with E-state index in [4.69, 9.17) is 5.11 Å². The molecule has 22 heavy (non-hydrogen) atoms. The van der Waals surface area contributed by atoms with Gasteiger partial charge in [0.05, 0.1) is 6.42 Å². The normalized spacial score (nSPS) is 10.4. The first kappa shape index (κ1) is 18.0. The topological polar surface area (TPSA) is 60.9 Å². The number of aliphatic carboxylic acids is 1. The number of nitrogens with zero attached hydrogens (tertiary/aromatic N) is 2. The predicted molar refractivity (Wildman–Crippen MR) is 89.6 cm³/mol. The van der Waals surface area contributed by atoms with E-state index in [1.165, 1.54) is 0 Å². The molecule has 122 valence electrons. The highest BCUT2D eigenvalue weighted by Crippen LogP contribution is 2.26. The Morgan fingerprint density at radius 1 is 1.14 bits per heavy atom. The van der Waals surface area contributed by atoms with Gasteiger partial charge in [0.25, 0.3) is 0 Å². The molecule has 0 aromatic heterocycles. The van der Waals surface area contributed by atoms with Crippen LogP contribution in [0.15, 0.2) is 18.2 Å². The average Bonchev–Trinajstić information content (AvgIpc) is 2.49. The molecule has 0 bridgehead atoms. The van der Waals surface area contributed by atoms with Gasteiger partial charge in [0.1, 0.15) is 0 Å². The Balaban J connectivity index is 3.09. The fraction of sp³-hybridized carbons (Fsp3) is 0.529. The van der Waals surface area contributed by atoms with Crippen LogP contribution in [0.4, 0.5) is 11.4 Å². The molecule has 0 radical (unpaired) electrons. The Kier molecular flexibility index (Phi) is 6.89. The summed E-state index contributed by atoms with van der Waals surface area (Å²) in [6.07, 6.45) is 0.305. The molecule has 1 rings (SSSR count). The van der Waals surface area contributed by atoms with Crippen molar-refractivity contribution in [3.8, 4) is 0 Å². The van der Waals surface area contributed by atoms with Crippen molar-refractivity contribution in [3.05, 3.63) is 23.8 Å². The number of benzene rings is 1. The van der Waals surface area contributed by atoms with Gasteiger partial charge < -0.3 is 14.9 Å². The van der Waals surface area contributed by atoms with Crippen LogP contribution in [0.25, 0.3) is 0 Å². The summed E-state index contributed by atoms with van der Waals surface area (Å²) in [4.78, 5) is 26.8. The minimum Gasteiger partial charge on any atom is -0.481 e. The highest BCUT2D eigenvalue weighted by molar-refractivity contribution is 5.94. The van der Waals surface area contributed by atoms with E-state index in [9.17, 15) is 9.59 Å². The van der Waals surface area contributed by atoms with Crippen LogP contribution in [0.2, 0.25) is 0 Å². The molecule has 1 aromatic rings. The molecule has 5 nitrogen and oxygen atoms in total. The lowest BCUT2D eigenvalue weighted by Crippen LogP contribution is -2.33. The number of carbonyl (C=O) groups excluding carboxylic acids is 1. The summed E-state index contributed by atoms with van der Waals surface area (Å²) in [5, 5.41) is 8.87. The summed E-state index contributed by atoms with van der Waals surface area (Å²) in [6, 6.07) is 5.96. The second-order valence-corrected chi connectivity index (χ2v) is 5.19. The molecular weight excluding hydrogens is 280 g/mol. The van der Waals surface area contributed by atoms with Crippen LogP contribution >= 0.6 is 0 Å². The summed E-state index contributed by atoms with van der Waals surface area (Å²) in [7, 11) is 0. The van der Waals surface area contributed by atoms with Gasteiger partial charge in [-0.05, 0) is 44.5 Å². The van der Waals surface area contributed by atoms with Crippen molar-refractivity contribution < 1.29 is 14.7 Å². The molecule has 0 fully saturated rings. The maximum absolute atomic E-state index is 12.1. The van der Waals surface area contributed by atoms with Gasteiger partial charge in [-0.1, -0.05) is 6.92 Å². The molecule has 0 saturated heterocycles. The molecule has 1 aromatic carbocycles. The van der Waals surface area contributed by atoms with E-state index in [0.29, 0.717) is 6.42 Å². The van der Waals surface area contributed by atoms with Crippen molar-refractivity contribution in [2.45, 2.75) is 40.5 Å². The number of hydrogen-bond donors (Lipinski definition) is 1. The Labute approximate surface area is 132 Å². The molecule has 1 N–H and O–H groups in total. The number of carboxylic acids is 1. The lowest BCUT2D eigenvalue weighted by Gasteiger charge is -2.26. The van der Waals surface area contributed by atoms with Crippen LogP contribution in [0.1, 0.15) is 39.2 Å². The number of carboxylic acid groups (broad SMARTS) is 1. The monoisotopic (exact) mass is 306 g/mol. The van der Waals surface area contributed by atoms with Gasteiger partial charge in [0.15, 0.2) is 0 Å². The van der Waals surface area contributed by atoms with Gasteiger partial charge in [-0.15, -0.1) is 0 Å². The lowest BCUT2D eigenvalue weighted by atomic mass is 10.1. The number of anilines is 2.